The van der Waals surface area contributed by atoms with Crippen molar-refractivity contribution < 1.29 is 27.4 Å². The molecule has 0 spiro atoms. The number of rotatable bonds is 2. The number of ether oxygens (including phenoxy) is 2. The average molecular weight is 277 g/mol. The minimum Gasteiger partial charge on any atom is -0.354 e. The van der Waals surface area contributed by atoms with Crippen molar-refractivity contribution in [3.05, 3.63) is 0 Å². The van der Waals surface area contributed by atoms with Gasteiger partial charge in [0.2, 0.25) is 0 Å². The van der Waals surface area contributed by atoms with Crippen molar-refractivity contribution in [1.82, 2.24) is 0 Å². The Morgan fingerprint density at radius 1 is 1.64 bits per heavy atom. The monoisotopic (exact) mass is 276 g/mol. The molecule has 1 aliphatic heterocycles. The second kappa shape index (κ2) is 3.79. The van der Waals surface area contributed by atoms with Crippen LogP contribution in [0.1, 0.15) is 6.42 Å². The Bertz CT molecular complexity index is 243. The van der Waals surface area contributed by atoms with E-state index in [1.165, 1.54) is 7.11 Å². The largest absolute Gasteiger partial charge is 0.451 e. The first-order chi connectivity index (χ1) is 6.32. The number of carbonyl (C=O) groups is 1. The molecule has 2 atom stereocenters. The maximum atomic E-state index is 12.2. The molecule has 14 heavy (non-hydrogen) atoms. The summed E-state index contributed by atoms with van der Waals surface area (Å²) in [5.74, 6) is -1.87. The van der Waals surface area contributed by atoms with Gasteiger partial charge >= 0.3 is 6.18 Å². The Morgan fingerprint density at radius 3 is 2.64 bits per heavy atom. The predicted molar refractivity (Wildman–Crippen MR) is 44.1 cm³/mol. The van der Waals surface area contributed by atoms with Crippen LogP contribution in [0.4, 0.5) is 13.2 Å². The van der Waals surface area contributed by atoms with Gasteiger partial charge in [-0.05, 0) is 6.42 Å². The number of hydrogen-bond donors (Lipinski definition) is 0. The summed E-state index contributed by atoms with van der Waals surface area (Å²) in [6.07, 6.45) is -6.12. The van der Waals surface area contributed by atoms with Crippen molar-refractivity contribution in [3.8, 4) is 0 Å². The maximum Gasteiger partial charge on any atom is 0.451 e. The third-order valence-corrected chi connectivity index (χ3v) is 3.09. The first-order valence-electron chi connectivity index (χ1n) is 3.77. The minimum atomic E-state index is -4.88. The van der Waals surface area contributed by atoms with E-state index in [1.54, 1.807) is 0 Å². The van der Waals surface area contributed by atoms with Crippen LogP contribution in [-0.4, -0.2) is 36.3 Å². The molecule has 0 aromatic heterocycles. The molecule has 0 amide bonds. The highest BCUT2D eigenvalue weighted by atomic mass is 79.9. The summed E-state index contributed by atoms with van der Waals surface area (Å²) in [5, 5.41) is 0. The number of halogens is 4. The normalized spacial score (nSPS) is 33.4. The van der Waals surface area contributed by atoms with Crippen LogP contribution >= 0.6 is 15.9 Å². The van der Waals surface area contributed by atoms with E-state index in [-0.39, 0.29) is 13.0 Å². The van der Waals surface area contributed by atoms with Crippen molar-refractivity contribution in [1.29, 1.82) is 0 Å². The lowest BCUT2D eigenvalue weighted by Crippen LogP contribution is -2.48. The summed E-state index contributed by atoms with van der Waals surface area (Å²) in [4.78, 5) is 11.0. The maximum absolute atomic E-state index is 12.2. The van der Waals surface area contributed by atoms with Gasteiger partial charge in [-0.3, -0.25) is 4.79 Å². The first-order valence-corrected chi connectivity index (χ1v) is 4.56. The molecule has 3 nitrogen and oxygen atoms in total. The van der Waals surface area contributed by atoms with E-state index in [9.17, 15) is 18.0 Å². The fraction of sp³-hybridized carbons (Fsp3) is 0.857. The van der Waals surface area contributed by atoms with Gasteiger partial charge in [0.05, 0.1) is 6.61 Å². The zero-order valence-electron chi connectivity index (χ0n) is 7.23. The van der Waals surface area contributed by atoms with Crippen LogP contribution in [0.15, 0.2) is 0 Å². The van der Waals surface area contributed by atoms with Gasteiger partial charge in [-0.25, -0.2) is 0 Å². The van der Waals surface area contributed by atoms with Gasteiger partial charge in [0.25, 0.3) is 5.78 Å². The van der Waals surface area contributed by atoms with Crippen LogP contribution in [-0.2, 0) is 14.3 Å². The standard InChI is InChI=1S/C7H8BrF3O3/c1-13-5-6(8,2-3-14-5)4(12)7(9,10)11/h5H,2-3H2,1H3. The van der Waals surface area contributed by atoms with E-state index in [4.69, 9.17) is 4.74 Å². The number of methoxy groups -OCH3 is 1. The second-order valence-electron chi connectivity index (χ2n) is 2.88. The van der Waals surface area contributed by atoms with Gasteiger partial charge in [0.1, 0.15) is 4.32 Å². The quantitative estimate of drug-likeness (QED) is 0.720. The van der Waals surface area contributed by atoms with Crippen molar-refractivity contribution in [2.45, 2.75) is 23.2 Å². The fourth-order valence-electron chi connectivity index (χ4n) is 1.28. The Morgan fingerprint density at radius 2 is 2.21 bits per heavy atom. The van der Waals surface area contributed by atoms with E-state index in [0.29, 0.717) is 0 Å². The Balaban J connectivity index is 2.89. The second-order valence-corrected chi connectivity index (χ2v) is 4.29. The van der Waals surface area contributed by atoms with Crippen molar-refractivity contribution in [2.24, 2.45) is 0 Å². The molecule has 1 aliphatic rings. The summed E-state index contributed by atoms with van der Waals surface area (Å²) in [6, 6.07) is 0. The van der Waals surface area contributed by atoms with Crippen LogP contribution in [0.2, 0.25) is 0 Å². The molecule has 1 rings (SSSR count). The van der Waals surface area contributed by atoms with Gasteiger partial charge < -0.3 is 9.47 Å². The molecule has 0 saturated carbocycles. The number of hydrogen-bond acceptors (Lipinski definition) is 3. The summed E-state index contributed by atoms with van der Waals surface area (Å²) < 4.78 is 44.2. The van der Waals surface area contributed by atoms with Crippen molar-refractivity contribution in [2.75, 3.05) is 13.7 Å². The van der Waals surface area contributed by atoms with E-state index < -0.39 is 22.6 Å². The molecule has 82 valence electrons. The highest BCUT2D eigenvalue weighted by Crippen LogP contribution is 2.40. The van der Waals surface area contributed by atoms with Gasteiger partial charge in [0, 0.05) is 7.11 Å². The Hall–Kier alpha value is -0.140. The van der Waals surface area contributed by atoms with Crippen LogP contribution in [0.25, 0.3) is 0 Å². The molecule has 0 N–H and O–H groups in total. The lowest BCUT2D eigenvalue weighted by atomic mass is 10.0. The van der Waals surface area contributed by atoms with Crippen molar-refractivity contribution >= 4 is 21.7 Å². The van der Waals surface area contributed by atoms with Gasteiger partial charge in [-0.1, -0.05) is 15.9 Å². The lowest BCUT2D eigenvalue weighted by molar-refractivity contribution is -0.182. The SMILES string of the molecule is COC1OCCC1(Br)C(=O)C(F)(F)F. The molecular formula is C7H8BrF3O3. The van der Waals surface area contributed by atoms with Crippen LogP contribution in [0.3, 0.4) is 0 Å². The zero-order chi connectivity index (χ0) is 11.0. The summed E-state index contributed by atoms with van der Waals surface area (Å²) in [6.45, 7) is 0.0611. The number of Topliss-reactive ketones (excluding diaryl/α,β-unsaturated/α-hetero) is 1. The van der Waals surface area contributed by atoms with Crippen LogP contribution in [0, 0.1) is 0 Å². The molecule has 0 bridgehead atoms. The van der Waals surface area contributed by atoms with Gasteiger partial charge in [-0.2, -0.15) is 13.2 Å². The van der Waals surface area contributed by atoms with Crippen LogP contribution in [0.5, 0.6) is 0 Å². The topological polar surface area (TPSA) is 35.5 Å². The highest BCUT2D eigenvalue weighted by Gasteiger charge is 2.58. The molecule has 7 heteroatoms. The van der Waals surface area contributed by atoms with E-state index >= 15 is 0 Å². The third kappa shape index (κ3) is 1.94. The van der Waals surface area contributed by atoms with E-state index in [2.05, 4.69) is 20.7 Å². The summed E-state index contributed by atoms with van der Waals surface area (Å²) >= 11 is 2.75. The molecular weight excluding hydrogens is 269 g/mol. The molecule has 0 aromatic carbocycles. The summed E-state index contributed by atoms with van der Waals surface area (Å²) in [7, 11) is 1.19. The zero-order valence-corrected chi connectivity index (χ0v) is 8.81. The third-order valence-electron chi connectivity index (χ3n) is 1.96. The van der Waals surface area contributed by atoms with E-state index in [0.717, 1.165) is 0 Å². The molecule has 0 aliphatic carbocycles. The van der Waals surface area contributed by atoms with Gasteiger partial charge in [0.15, 0.2) is 6.29 Å². The smallest absolute Gasteiger partial charge is 0.354 e. The Labute approximate surface area is 86.7 Å². The number of ketones is 1. The number of alkyl halides is 4. The Kier molecular flexibility index (Phi) is 3.23. The fourth-order valence-corrected chi connectivity index (χ4v) is 1.98. The molecule has 2 unspecified atom stereocenters. The molecule has 1 saturated heterocycles. The first kappa shape index (κ1) is 11.9. The predicted octanol–water partition coefficient (Wildman–Crippen LogP) is 1.64. The summed E-state index contributed by atoms with van der Waals surface area (Å²) in [5.41, 5.74) is 0. The average Bonchev–Trinajstić information content (AvgIpc) is 2.45. The lowest BCUT2D eigenvalue weighted by Gasteiger charge is -2.25. The highest BCUT2D eigenvalue weighted by molar-refractivity contribution is 9.10. The van der Waals surface area contributed by atoms with Crippen LogP contribution < -0.4 is 0 Å². The number of carbonyl (C=O) groups excluding carboxylic acids is 1. The van der Waals surface area contributed by atoms with Gasteiger partial charge in [-0.15, -0.1) is 0 Å². The minimum absolute atomic E-state index is 0.0517. The molecule has 1 fully saturated rings. The van der Waals surface area contributed by atoms with Crippen molar-refractivity contribution in [3.63, 3.8) is 0 Å². The molecule has 0 aromatic rings. The van der Waals surface area contributed by atoms with E-state index in [1.807, 2.05) is 0 Å². The molecule has 0 radical (unpaired) electrons. The molecule has 1 heterocycles.